The van der Waals surface area contributed by atoms with Crippen molar-refractivity contribution in [1.29, 1.82) is 0 Å². The fraction of sp³-hybridized carbons (Fsp3) is 0.407. The molecule has 1 atom stereocenters. The van der Waals surface area contributed by atoms with Gasteiger partial charge >= 0.3 is 0 Å². The first-order valence-corrected chi connectivity index (χ1v) is 12.1. The summed E-state index contributed by atoms with van der Waals surface area (Å²) in [7, 11) is 1.64. The van der Waals surface area contributed by atoms with Gasteiger partial charge in [-0.25, -0.2) is 0 Å². The zero-order valence-electron chi connectivity index (χ0n) is 19.8. The third kappa shape index (κ3) is 4.40. The van der Waals surface area contributed by atoms with E-state index in [4.69, 9.17) is 4.74 Å². The Hall–Kier alpha value is -3.68. The fourth-order valence-corrected chi connectivity index (χ4v) is 5.37. The predicted octanol–water partition coefficient (Wildman–Crippen LogP) is 2.28. The Bertz CT molecular complexity index is 1150. The number of fused-ring (bicyclic) bond motifs is 1. The lowest BCUT2D eigenvalue weighted by Gasteiger charge is -2.33. The van der Waals surface area contributed by atoms with E-state index >= 15 is 0 Å². The molecule has 4 amide bonds. The van der Waals surface area contributed by atoms with Crippen molar-refractivity contribution in [1.82, 2.24) is 15.1 Å². The molecule has 2 aromatic carbocycles. The van der Waals surface area contributed by atoms with E-state index in [-0.39, 0.29) is 29.7 Å². The minimum atomic E-state index is -0.416. The lowest BCUT2D eigenvalue weighted by Crippen LogP contribution is -2.46. The van der Waals surface area contributed by atoms with Crippen LogP contribution in [0.3, 0.4) is 0 Å². The summed E-state index contributed by atoms with van der Waals surface area (Å²) in [4.78, 5) is 53.4. The van der Waals surface area contributed by atoms with Crippen molar-refractivity contribution in [3.05, 3.63) is 65.2 Å². The molecule has 8 heteroatoms. The largest absolute Gasteiger partial charge is 0.497 e. The molecule has 0 aromatic heterocycles. The van der Waals surface area contributed by atoms with Crippen LogP contribution < -0.4 is 10.1 Å². The van der Waals surface area contributed by atoms with E-state index in [1.54, 1.807) is 36.3 Å². The highest BCUT2D eigenvalue weighted by molar-refractivity contribution is 6.22. The summed E-state index contributed by atoms with van der Waals surface area (Å²) in [5.74, 6) is -0.186. The number of benzene rings is 2. The minimum Gasteiger partial charge on any atom is -0.497 e. The smallest absolute Gasteiger partial charge is 0.262 e. The Balaban J connectivity index is 1.08. The van der Waals surface area contributed by atoms with Gasteiger partial charge in [0, 0.05) is 25.6 Å². The summed E-state index contributed by atoms with van der Waals surface area (Å²) in [6.07, 6.45) is 3.10. The molecule has 2 aliphatic heterocycles. The van der Waals surface area contributed by atoms with Crippen LogP contribution in [0, 0.1) is 11.3 Å². The zero-order chi connectivity index (χ0) is 24.6. The number of methoxy groups -OCH3 is 1. The summed E-state index contributed by atoms with van der Waals surface area (Å²) < 4.78 is 5.24. The average molecular weight is 476 g/mol. The summed E-state index contributed by atoms with van der Waals surface area (Å²) in [5, 5.41) is 3.06. The highest BCUT2D eigenvalue weighted by Gasteiger charge is 2.58. The molecule has 3 aliphatic rings. The van der Waals surface area contributed by atoms with Crippen molar-refractivity contribution >= 4 is 23.6 Å². The predicted molar refractivity (Wildman–Crippen MR) is 128 cm³/mol. The topological polar surface area (TPSA) is 96.0 Å². The second kappa shape index (κ2) is 9.17. The number of nitrogens with zero attached hydrogens (tertiary/aromatic N) is 2. The number of hydrogen-bond donors (Lipinski definition) is 1. The molecule has 0 radical (unpaired) electrons. The number of rotatable bonds is 7. The van der Waals surface area contributed by atoms with Gasteiger partial charge in [-0.3, -0.25) is 24.1 Å². The number of amides is 4. The third-order valence-corrected chi connectivity index (χ3v) is 7.64. The van der Waals surface area contributed by atoms with E-state index in [9.17, 15) is 19.2 Å². The van der Waals surface area contributed by atoms with Gasteiger partial charge in [0.05, 0.1) is 18.2 Å². The van der Waals surface area contributed by atoms with Crippen LogP contribution in [-0.2, 0) is 16.0 Å². The molecule has 1 N–H and O–H groups in total. The van der Waals surface area contributed by atoms with Crippen molar-refractivity contribution in [3.8, 4) is 5.75 Å². The first-order valence-electron chi connectivity index (χ1n) is 12.1. The van der Waals surface area contributed by atoms with Gasteiger partial charge in [-0.1, -0.05) is 24.3 Å². The number of carbonyl (C=O) groups is 4. The molecule has 182 valence electrons. The van der Waals surface area contributed by atoms with Gasteiger partial charge in [0.2, 0.25) is 11.8 Å². The standard InChI is InChI=1S/C27H29N3O5/c1-35-19-6-4-5-18(15-19)9-12-28-24(32)22-16-27(22)10-13-29(14-11-27)23(31)17-30-25(33)20-7-2-3-8-21(20)26(30)34/h2-8,15,22H,9-14,16-17H2,1H3,(H,28,32)/t22-/m1/s1. The van der Waals surface area contributed by atoms with E-state index in [0.29, 0.717) is 30.8 Å². The van der Waals surface area contributed by atoms with Crippen molar-refractivity contribution in [2.75, 3.05) is 33.3 Å². The molecule has 0 unspecified atom stereocenters. The minimum absolute atomic E-state index is 0.0127. The highest BCUT2D eigenvalue weighted by atomic mass is 16.5. The molecule has 5 rings (SSSR count). The molecular formula is C27H29N3O5. The quantitative estimate of drug-likeness (QED) is 0.620. The second-order valence-electron chi connectivity index (χ2n) is 9.63. The van der Waals surface area contributed by atoms with Crippen LogP contribution in [0.25, 0.3) is 0 Å². The van der Waals surface area contributed by atoms with E-state index < -0.39 is 11.8 Å². The molecule has 2 fully saturated rings. The Morgan fingerprint density at radius 2 is 1.71 bits per heavy atom. The van der Waals surface area contributed by atoms with Crippen molar-refractivity contribution in [2.24, 2.45) is 11.3 Å². The number of imide groups is 1. The van der Waals surface area contributed by atoms with Crippen LogP contribution >= 0.6 is 0 Å². The van der Waals surface area contributed by atoms with Gasteiger partial charge in [0.15, 0.2) is 0 Å². The molecule has 35 heavy (non-hydrogen) atoms. The maximum atomic E-state index is 12.9. The summed E-state index contributed by atoms with van der Waals surface area (Å²) in [6, 6.07) is 14.5. The first kappa shape index (κ1) is 23.1. The number of carbonyl (C=O) groups excluding carboxylic acids is 4. The molecular weight excluding hydrogens is 446 g/mol. The highest BCUT2D eigenvalue weighted by Crippen LogP contribution is 2.59. The summed E-state index contributed by atoms with van der Waals surface area (Å²) >= 11 is 0. The Labute approximate surface area is 204 Å². The Morgan fingerprint density at radius 1 is 1.03 bits per heavy atom. The Morgan fingerprint density at radius 3 is 2.37 bits per heavy atom. The maximum absolute atomic E-state index is 12.9. The first-order chi connectivity index (χ1) is 16.9. The SMILES string of the molecule is COc1cccc(CCNC(=O)[C@H]2CC23CCN(C(=O)CN2C(=O)c4ccccc4C2=O)CC3)c1. The van der Waals surface area contributed by atoms with Crippen LogP contribution in [0.4, 0.5) is 0 Å². The number of likely N-dealkylation sites (tertiary alicyclic amines) is 1. The van der Waals surface area contributed by atoms with Crippen LogP contribution in [0.1, 0.15) is 45.5 Å². The van der Waals surface area contributed by atoms with E-state index in [0.717, 1.165) is 41.9 Å². The van der Waals surface area contributed by atoms with E-state index in [2.05, 4.69) is 5.32 Å². The molecule has 0 bridgehead atoms. The lowest BCUT2D eigenvalue weighted by molar-refractivity contribution is -0.133. The van der Waals surface area contributed by atoms with Crippen LogP contribution in [0.2, 0.25) is 0 Å². The van der Waals surface area contributed by atoms with Crippen molar-refractivity contribution in [2.45, 2.75) is 25.7 Å². The molecule has 1 saturated carbocycles. The average Bonchev–Trinajstić information content (AvgIpc) is 3.53. The van der Waals surface area contributed by atoms with Crippen molar-refractivity contribution < 1.29 is 23.9 Å². The normalized spacial score (nSPS) is 20.1. The van der Waals surface area contributed by atoms with E-state index in [1.807, 2.05) is 24.3 Å². The molecule has 1 aliphatic carbocycles. The van der Waals surface area contributed by atoms with Crippen molar-refractivity contribution in [3.63, 3.8) is 0 Å². The van der Waals surface area contributed by atoms with Crippen LogP contribution in [-0.4, -0.2) is 66.7 Å². The van der Waals surface area contributed by atoms with Gasteiger partial charge in [0.1, 0.15) is 12.3 Å². The summed E-state index contributed by atoms with van der Waals surface area (Å²) in [6.45, 7) is 1.40. The molecule has 2 heterocycles. The van der Waals surface area contributed by atoms with Gasteiger partial charge in [-0.2, -0.15) is 0 Å². The third-order valence-electron chi connectivity index (χ3n) is 7.64. The maximum Gasteiger partial charge on any atom is 0.262 e. The monoisotopic (exact) mass is 475 g/mol. The zero-order valence-corrected chi connectivity index (χ0v) is 19.8. The lowest BCUT2D eigenvalue weighted by atomic mass is 9.90. The van der Waals surface area contributed by atoms with Gasteiger partial charge in [-0.15, -0.1) is 0 Å². The number of hydrogen-bond acceptors (Lipinski definition) is 5. The second-order valence-corrected chi connectivity index (χ2v) is 9.63. The van der Waals surface area contributed by atoms with Crippen LogP contribution in [0.15, 0.2) is 48.5 Å². The number of ether oxygens (including phenoxy) is 1. The molecule has 8 nitrogen and oxygen atoms in total. The Kier molecular flexibility index (Phi) is 6.05. The molecule has 1 saturated heterocycles. The molecule has 1 spiro atoms. The van der Waals surface area contributed by atoms with Crippen LogP contribution in [0.5, 0.6) is 5.75 Å². The van der Waals surface area contributed by atoms with E-state index in [1.165, 1.54) is 0 Å². The van der Waals surface area contributed by atoms with Gasteiger partial charge in [0.25, 0.3) is 11.8 Å². The summed E-state index contributed by atoms with van der Waals surface area (Å²) in [5.41, 5.74) is 1.77. The van der Waals surface area contributed by atoms with Gasteiger partial charge in [-0.05, 0) is 60.9 Å². The molecule has 2 aromatic rings. The number of nitrogens with one attached hydrogen (secondary N) is 1. The van der Waals surface area contributed by atoms with Gasteiger partial charge < -0.3 is 15.0 Å². The fourth-order valence-electron chi connectivity index (χ4n) is 5.37. The number of piperidine rings is 1.